The Kier molecular flexibility index (Phi) is 3.01. The first-order chi connectivity index (χ1) is 11.1. The molecule has 2 aromatic carbocycles. The van der Waals surface area contributed by atoms with Crippen LogP contribution in [0.3, 0.4) is 0 Å². The fourth-order valence-corrected chi connectivity index (χ4v) is 3.50. The molecule has 0 amide bonds. The van der Waals surface area contributed by atoms with Crippen LogP contribution in [0.25, 0.3) is 0 Å². The quantitative estimate of drug-likeness (QED) is 0.789. The molecule has 0 aromatic heterocycles. The molecular formula is C19H18N2O2. The second-order valence-electron chi connectivity index (χ2n) is 6.54. The van der Waals surface area contributed by atoms with Crippen LogP contribution >= 0.6 is 0 Å². The molecule has 1 aliphatic carbocycles. The van der Waals surface area contributed by atoms with Crippen molar-refractivity contribution in [1.82, 2.24) is 0 Å². The molecule has 4 heteroatoms. The smallest absolute Gasteiger partial charge is 0.196 e. The van der Waals surface area contributed by atoms with Crippen LogP contribution in [0.1, 0.15) is 45.7 Å². The molecule has 23 heavy (non-hydrogen) atoms. The summed E-state index contributed by atoms with van der Waals surface area (Å²) in [7, 11) is 0. The zero-order valence-corrected chi connectivity index (χ0v) is 13.2. The Morgan fingerprint density at radius 2 is 1.70 bits per heavy atom. The standard InChI is InChI=1S/C19H18N2O2/c1-11(2)9-21-10-20-15-8-7-14-16(17(15)21)19(23)13-6-4-3-5-12(13)18(14)22/h3-8,11,20H,9-10H2,1-2H3. The lowest BCUT2D eigenvalue weighted by molar-refractivity contribution is 0.0979. The van der Waals surface area contributed by atoms with Crippen LogP contribution in [0.5, 0.6) is 0 Å². The minimum Gasteiger partial charge on any atom is -0.366 e. The van der Waals surface area contributed by atoms with E-state index in [0.29, 0.717) is 34.8 Å². The lowest BCUT2D eigenvalue weighted by Gasteiger charge is -2.25. The predicted octanol–water partition coefficient (Wildman–Crippen LogP) is 3.31. The van der Waals surface area contributed by atoms with E-state index in [1.54, 1.807) is 24.3 Å². The number of hydrogen-bond donors (Lipinski definition) is 1. The Hall–Kier alpha value is -2.62. The molecular weight excluding hydrogens is 288 g/mol. The highest BCUT2D eigenvalue weighted by Crippen LogP contribution is 2.41. The molecule has 2 aliphatic rings. The van der Waals surface area contributed by atoms with Gasteiger partial charge in [0.1, 0.15) is 0 Å². The van der Waals surface area contributed by atoms with Crippen LogP contribution in [-0.2, 0) is 0 Å². The first kappa shape index (κ1) is 14.0. The summed E-state index contributed by atoms with van der Waals surface area (Å²) in [5.41, 5.74) is 3.90. The number of carbonyl (C=O) groups is 2. The molecule has 4 rings (SSSR count). The van der Waals surface area contributed by atoms with Gasteiger partial charge in [-0.3, -0.25) is 9.59 Å². The van der Waals surface area contributed by atoms with E-state index in [9.17, 15) is 9.59 Å². The van der Waals surface area contributed by atoms with Gasteiger partial charge in [-0.15, -0.1) is 0 Å². The molecule has 0 unspecified atom stereocenters. The van der Waals surface area contributed by atoms with Gasteiger partial charge in [0.2, 0.25) is 0 Å². The summed E-state index contributed by atoms with van der Waals surface area (Å²) in [6.07, 6.45) is 0. The number of carbonyl (C=O) groups excluding carboxylic acids is 2. The van der Waals surface area contributed by atoms with Crippen LogP contribution in [-0.4, -0.2) is 24.8 Å². The van der Waals surface area contributed by atoms with Crippen molar-refractivity contribution in [3.63, 3.8) is 0 Å². The number of rotatable bonds is 2. The van der Waals surface area contributed by atoms with Crippen molar-refractivity contribution in [2.45, 2.75) is 13.8 Å². The number of hydrogen-bond acceptors (Lipinski definition) is 4. The maximum atomic E-state index is 13.0. The number of benzene rings is 2. The van der Waals surface area contributed by atoms with Gasteiger partial charge in [0, 0.05) is 23.2 Å². The molecule has 0 bridgehead atoms. The van der Waals surface area contributed by atoms with Gasteiger partial charge in [0.05, 0.1) is 23.6 Å². The molecule has 0 radical (unpaired) electrons. The minimum absolute atomic E-state index is 0.0514. The minimum atomic E-state index is -0.0607. The second-order valence-corrected chi connectivity index (χ2v) is 6.54. The van der Waals surface area contributed by atoms with Gasteiger partial charge in [-0.1, -0.05) is 38.1 Å². The van der Waals surface area contributed by atoms with Crippen molar-refractivity contribution in [1.29, 1.82) is 0 Å². The molecule has 1 N–H and O–H groups in total. The van der Waals surface area contributed by atoms with Crippen molar-refractivity contribution >= 4 is 22.9 Å². The van der Waals surface area contributed by atoms with Gasteiger partial charge < -0.3 is 10.2 Å². The fourth-order valence-electron chi connectivity index (χ4n) is 3.50. The van der Waals surface area contributed by atoms with Crippen LogP contribution in [0.4, 0.5) is 11.4 Å². The van der Waals surface area contributed by atoms with Crippen LogP contribution in [0.2, 0.25) is 0 Å². The van der Waals surface area contributed by atoms with E-state index in [0.717, 1.165) is 17.9 Å². The third kappa shape index (κ3) is 1.98. The average Bonchev–Trinajstić information content (AvgIpc) is 2.94. The number of nitrogens with one attached hydrogen (secondary N) is 1. The van der Waals surface area contributed by atoms with Crippen molar-refractivity contribution in [3.05, 3.63) is 58.7 Å². The molecule has 0 fully saturated rings. The molecule has 116 valence electrons. The highest BCUT2D eigenvalue weighted by atomic mass is 16.1. The number of anilines is 2. The van der Waals surface area contributed by atoms with Crippen LogP contribution < -0.4 is 10.2 Å². The summed E-state index contributed by atoms with van der Waals surface area (Å²) in [4.78, 5) is 28.0. The van der Waals surface area contributed by atoms with Crippen molar-refractivity contribution in [3.8, 4) is 0 Å². The zero-order valence-electron chi connectivity index (χ0n) is 13.2. The Balaban J connectivity index is 1.93. The second kappa shape index (κ2) is 4.95. The molecule has 0 saturated carbocycles. The summed E-state index contributed by atoms with van der Waals surface area (Å²) in [5.74, 6) is 0.360. The van der Waals surface area contributed by atoms with Crippen molar-refractivity contribution < 1.29 is 9.59 Å². The van der Waals surface area contributed by atoms with E-state index in [1.165, 1.54) is 0 Å². The maximum Gasteiger partial charge on any atom is 0.196 e. The topological polar surface area (TPSA) is 49.4 Å². The zero-order chi connectivity index (χ0) is 16.1. The van der Waals surface area contributed by atoms with Crippen LogP contribution in [0, 0.1) is 5.92 Å². The first-order valence-electron chi connectivity index (χ1n) is 7.92. The van der Waals surface area contributed by atoms with Gasteiger partial charge in [0.15, 0.2) is 11.6 Å². The Bertz CT molecular complexity index is 839. The van der Waals surface area contributed by atoms with E-state index < -0.39 is 0 Å². The fraction of sp³-hybridized carbons (Fsp3) is 0.263. The number of ketones is 2. The monoisotopic (exact) mass is 306 g/mol. The van der Waals surface area contributed by atoms with E-state index in [-0.39, 0.29) is 11.6 Å². The van der Waals surface area contributed by atoms with E-state index in [1.807, 2.05) is 12.1 Å². The Morgan fingerprint density at radius 1 is 1.00 bits per heavy atom. The third-order valence-electron chi connectivity index (χ3n) is 4.43. The summed E-state index contributed by atoms with van der Waals surface area (Å²) in [6.45, 7) is 5.82. The predicted molar refractivity (Wildman–Crippen MR) is 90.4 cm³/mol. The highest BCUT2D eigenvalue weighted by molar-refractivity contribution is 6.31. The van der Waals surface area contributed by atoms with Gasteiger partial charge in [-0.2, -0.15) is 0 Å². The molecule has 2 aromatic rings. The molecule has 1 heterocycles. The first-order valence-corrected chi connectivity index (χ1v) is 7.92. The molecule has 0 atom stereocenters. The van der Waals surface area contributed by atoms with E-state index in [2.05, 4.69) is 24.1 Å². The molecule has 0 saturated heterocycles. The molecule has 1 aliphatic heterocycles. The van der Waals surface area contributed by atoms with Gasteiger partial charge >= 0.3 is 0 Å². The van der Waals surface area contributed by atoms with E-state index in [4.69, 9.17) is 0 Å². The van der Waals surface area contributed by atoms with E-state index >= 15 is 0 Å². The molecule has 4 nitrogen and oxygen atoms in total. The van der Waals surface area contributed by atoms with Gasteiger partial charge in [-0.25, -0.2) is 0 Å². The van der Waals surface area contributed by atoms with Gasteiger partial charge in [0.25, 0.3) is 0 Å². The summed E-state index contributed by atoms with van der Waals surface area (Å²) >= 11 is 0. The normalized spacial score (nSPS) is 15.3. The average molecular weight is 306 g/mol. The highest BCUT2D eigenvalue weighted by Gasteiger charge is 2.35. The number of fused-ring (bicyclic) bond motifs is 4. The third-order valence-corrected chi connectivity index (χ3v) is 4.43. The summed E-state index contributed by atoms with van der Waals surface area (Å²) < 4.78 is 0. The van der Waals surface area contributed by atoms with Gasteiger partial charge in [-0.05, 0) is 18.1 Å². The summed E-state index contributed by atoms with van der Waals surface area (Å²) in [5, 5.41) is 3.33. The number of nitrogens with zero attached hydrogens (tertiary/aromatic N) is 1. The van der Waals surface area contributed by atoms with Crippen LogP contribution in [0.15, 0.2) is 36.4 Å². The lowest BCUT2D eigenvalue weighted by atomic mass is 9.83. The lowest BCUT2D eigenvalue weighted by Crippen LogP contribution is -2.30. The molecule has 0 spiro atoms. The SMILES string of the molecule is CC(C)CN1CNc2ccc3c(c21)C(=O)c1ccccc1C3=O. The Labute approximate surface area is 135 Å². The maximum absolute atomic E-state index is 13.0. The van der Waals surface area contributed by atoms with Crippen molar-refractivity contribution in [2.24, 2.45) is 5.92 Å². The Morgan fingerprint density at radius 3 is 2.39 bits per heavy atom. The van der Waals surface area contributed by atoms with Crippen molar-refractivity contribution in [2.75, 3.05) is 23.4 Å². The largest absolute Gasteiger partial charge is 0.366 e. The summed E-state index contributed by atoms with van der Waals surface area (Å²) in [6, 6.07) is 10.8.